The van der Waals surface area contributed by atoms with E-state index in [2.05, 4.69) is 5.16 Å². The van der Waals surface area contributed by atoms with Gasteiger partial charge in [-0.1, -0.05) is 11.8 Å². The number of carbonyl (C=O) groups excluding carboxylic acids is 2. The van der Waals surface area contributed by atoms with Gasteiger partial charge in [-0.05, 0) is 6.92 Å². The molecular weight excluding hydrogens is 315 g/mol. The predicted molar refractivity (Wildman–Crippen MR) is 68.2 cm³/mol. The number of fused-ring (bicyclic) bond motifs is 1. The number of carboxylic acid groups (broad SMARTS) is 1. The molecule has 0 saturated carbocycles. The summed E-state index contributed by atoms with van der Waals surface area (Å²) in [5, 5.41) is 31.4. The van der Waals surface area contributed by atoms with Crippen LogP contribution in [-0.4, -0.2) is 50.5 Å². The van der Waals surface area contributed by atoms with Crippen LogP contribution in [0.2, 0.25) is 0 Å². The van der Waals surface area contributed by atoms with Gasteiger partial charge in [0, 0.05) is 5.75 Å². The van der Waals surface area contributed by atoms with Crippen LogP contribution in [0.15, 0.2) is 15.1 Å². The summed E-state index contributed by atoms with van der Waals surface area (Å²) < 4.78 is 0.432. The van der Waals surface area contributed by atoms with Gasteiger partial charge < -0.3 is 20.2 Å². The van der Waals surface area contributed by atoms with Gasteiger partial charge in [0.25, 0.3) is 0 Å². The third kappa shape index (κ3) is 3.02. The monoisotopic (exact) mass is 326 g/mol. The normalized spacial score (nSPS) is 26.3. The molecule has 7 nitrogen and oxygen atoms in total. The van der Waals surface area contributed by atoms with Crippen molar-refractivity contribution >= 4 is 41.6 Å². The standard InChI is InChI=1S/C10H12N2O5S2.Na/c1-4(13)5-7(14)12-6(9(15)16)10(19-8(5)12)18-3-2-11-17;/h2,4-5,8,13,17H,3H2,1H3,(H,15,16);/q;+1/p-1/t4?,5?,8-;/m1./s1. The van der Waals surface area contributed by atoms with Gasteiger partial charge in [0.05, 0.1) is 34.1 Å². The van der Waals surface area contributed by atoms with Crippen LogP contribution in [-0.2, 0) is 9.59 Å². The van der Waals surface area contributed by atoms with Crippen LogP contribution in [0.3, 0.4) is 0 Å². The SMILES string of the molecule is CC(O)C1C(=O)N2C(C(=O)[O-])=C(SCC=NO)S[C@H]12.[Na+]. The van der Waals surface area contributed by atoms with Crippen LogP contribution < -0.4 is 34.7 Å². The van der Waals surface area contributed by atoms with Crippen molar-refractivity contribution < 1.29 is 54.6 Å². The Hall–Kier alpha value is -0.190. The van der Waals surface area contributed by atoms with Crippen LogP contribution in [0.5, 0.6) is 0 Å². The first-order valence-corrected chi connectivity index (χ1v) is 7.27. The molecular formula is C10H11N2NaO5S2. The molecule has 2 unspecified atom stereocenters. The van der Waals surface area contributed by atoms with Crippen LogP contribution in [0.25, 0.3) is 0 Å². The van der Waals surface area contributed by atoms with Gasteiger partial charge in [-0.25, -0.2) is 0 Å². The topological polar surface area (TPSA) is 113 Å². The summed E-state index contributed by atoms with van der Waals surface area (Å²) >= 11 is 2.36. The van der Waals surface area contributed by atoms with Crippen LogP contribution >= 0.6 is 23.5 Å². The zero-order chi connectivity index (χ0) is 14.2. The molecule has 0 aromatic carbocycles. The average molecular weight is 326 g/mol. The second kappa shape index (κ2) is 7.19. The van der Waals surface area contributed by atoms with E-state index in [0.717, 1.165) is 16.7 Å². The summed E-state index contributed by atoms with van der Waals surface area (Å²) in [6.45, 7) is 1.50. The van der Waals surface area contributed by atoms with E-state index in [0.29, 0.717) is 4.24 Å². The molecule has 0 radical (unpaired) electrons. The number of carbonyl (C=O) groups is 2. The summed E-state index contributed by atoms with van der Waals surface area (Å²) in [7, 11) is 0. The van der Waals surface area contributed by atoms with Crippen molar-refractivity contribution in [3.63, 3.8) is 0 Å². The van der Waals surface area contributed by atoms with Crippen molar-refractivity contribution in [2.45, 2.75) is 18.4 Å². The van der Waals surface area contributed by atoms with Gasteiger partial charge in [0.1, 0.15) is 5.37 Å². The number of aliphatic carboxylic acids is 1. The number of hydrogen-bond acceptors (Lipinski definition) is 8. The van der Waals surface area contributed by atoms with Crippen molar-refractivity contribution in [3.05, 3.63) is 9.93 Å². The molecule has 2 N–H and O–H groups in total. The fourth-order valence-electron chi connectivity index (χ4n) is 1.99. The maximum Gasteiger partial charge on any atom is 1.00 e. The molecule has 1 fully saturated rings. The summed E-state index contributed by atoms with van der Waals surface area (Å²) in [4.78, 5) is 24.1. The average Bonchev–Trinajstić information content (AvgIpc) is 2.64. The van der Waals surface area contributed by atoms with Gasteiger partial charge in [0.2, 0.25) is 5.91 Å². The number of aliphatic hydroxyl groups excluding tert-OH is 1. The Kier molecular flexibility index (Phi) is 6.42. The van der Waals surface area contributed by atoms with Crippen molar-refractivity contribution in [2.24, 2.45) is 11.1 Å². The van der Waals surface area contributed by atoms with E-state index in [1.807, 2.05) is 0 Å². The number of nitrogens with zero attached hydrogens (tertiary/aromatic N) is 2. The number of oxime groups is 1. The van der Waals surface area contributed by atoms with Gasteiger partial charge in [-0.15, -0.1) is 16.9 Å². The third-order valence-electron chi connectivity index (χ3n) is 2.83. The number of hydrogen-bond donors (Lipinski definition) is 2. The third-order valence-corrected chi connectivity index (χ3v) is 5.40. The Labute approximate surface area is 145 Å². The Morgan fingerprint density at radius 2 is 2.35 bits per heavy atom. The molecule has 2 aliphatic heterocycles. The summed E-state index contributed by atoms with van der Waals surface area (Å²) in [6.07, 6.45) is 0.391. The molecule has 104 valence electrons. The summed E-state index contributed by atoms with van der Waals surface area (Å²) in [5.41, 5.74) is -0.159. The van der Waals surface area contributed by atoms with E-state index in [1.54, 1.807) is 0 Å². The predicted octanol–water partition coefficient (Wildman–Crippen LogP) is -3.99. The van der Waals surface area contributed by atoms with Crippen LogP contribution in [0.4, 0.5) is 0 Å². The first-order chi connectivity index (χ1) is 8.99. The minimum absolute atomic E-state index is 0. The zero-order valence-electron chi connectivity index (χ0n) is 10.8. The molecule has 2 rings (SSSR count). The molecule has 1 amide bonds. The first kappa shape index (κ1) is 17.9. The van der Waals surface area contributed by atoms with E-state index < -0.39 is 29.3 Å². The van der Waals surface area contributed by atoms with Crippen molar-refractivity contribution in [2.75, 3.05) is 5.75 Å². The zero-order valence-corrected chi connectivity index (χ0v) is 14.5. The Morgan fingerprint density at radius 1 is 1.70 bits per heavy atom. The fraction of sp³-hybridized carbons (Fsp3) is 0.500. The summed E-state index contributed by atoms with van der Waals surface area (Å²) in [6, 6.07) is 0. The van der Waals surface area contributed by atoms with Gasteiger partial charge in [-0.3, -0.25) is 9.69 Å². The van der Waals surface area contributed by atoms with Gasteiger partial charge in [-0.2, -0.15) is 0 Å². The van der Waals surface area contributed by atoms with Gasteiger partial charge in [0.15, 0.2) is 0 Å². The molecule has 0 bridgehead atoms. The molecule has 0 aromatic heterocycles. The minimum Gasteiger partial charge on any atom is -0.543 e. The van der Waals surface area contributed by atoms with Crippen LogP contribution in [0.1, 0.15) is 6.92 Å². The fourth-order valence-corrected chi connectivity index (χ4v) is 4.69. The van der Waals surface area contributed by atoms with E-state index in [-0.39, 0.29) is 41.0 Å². The number of thioether (sulfide) groups is 2. The van der Waals surface area contributed by atoms with Crippen molar-refractivity contribution in [1.82, 2.24) is 4.90 Å². The van der Waals surface area contributed by atoms with E-state index >= 15 is 0 Å². The molecule has 3 atom stereocenters. The quantitative estimate of drug-likeness (QED) is 0.174. The molecule has 20 heavy (non-hydrogen) atoms. The van der Waals surface area contributed by atoms with E-state index in [1.165, 1.54) is 24.9 Å². The molecule has 0 aliphatic carbocycles. The number of carboxylic acids is 1. The van der Waals surface area contributed by atoms with Gasteiger partial charge >= 0.3 is 29.6 Å². The second-order valence-electron chi connectivity index (χ2n) is 4.02. The van der Waals surface area contributed by atoms with Crippen LogP contribution in [0, 0.1) is 5.92 Å². The first-order valence-electron chi connectivity index (χ1n) is 5.41. The second-order valence-corrected chi connectivity index (χ2v) is 6.43. The van der Waals surface area contributed by atoms with Crippen molar-refractivity contribution in [1.29, 1.82) is 0 Å². The number of β-lactam (4-membered cyclic amide) rings is 1. The Morgan fingerprint density at radius 3 is 2.85 bits per heavy atom. The summed E-state index contributed by atoms with van der Waals surface area (Å²) in [5.74, 6) is -2.14. The largest absolute Gasteiger partial charge is 1.00 e. The van der Waals surface area contributed by atoms with Crippen molar-refractivity contribution in [3.8, 4) is 0 Å². The maximum atomic E-state index is 11.8. The smallest absolute Gasteiger partial charge is 0.543 e. The van der Waals surface area contributed by atoms with E-state index in [4.69, 9.17) is 5.21 Å². The number of rotatable bonds is 5. The Balaban J connectivity index is 0.00000200. The molecule has 0 aromatic rings. The molecule has 0 spiro atoms. The number of aliphatic hydroxyl groups is 1. The minimum atomic E-state index is -1.42. The Bertz CT molecular complexity index is 482. The maximum absolute atomic E-state index is 11.8. The molecule has 10 heteroatoms. The molecule has 1 saturated heterocycles. The van der Waals surface area contributed by atoms with E-state index in [9.17, 15) is 19.8 Å². The molecule has 2 aliphatic rings. The number of amides is 1. The molecule has 2 heterocycles.